The molecule has 0 bridgehead atoms. The number of carbonyl (C=O) groups is 1. The van der Waals surface area contributed by atoms with Crippen molar-refractivity contribution in [2.45, 2.75) is 19.9 Å². The number of hydrogen-bond donors (Lipinski definition) is 2. The Hall–Kier alpha value is -2.00. The lowest BCUT2D eigenvalue weighted by molar-refractivity contribution is 0.0939. The van der Waals surface area contributed by atoms with Gasteiger partial charge in [-0.05, 0) is 49.2 Å². The standard InChI is InChI=1S/C16H17ClN2O/c1-10-14(4-3-5-15(10)18)16(20)19-11(2)12-6-8-13(17)9-7-12/h3-9,11H,18H2,1-2H3,(H,19,20)/t11-/m0/s1. The van der Waals surface area contributed by atoms with Crippen molar-refractivity contribution in [3.05, 3.63) is 64.2 Å². The number of carbonyl (C=O) groups excluding carboxylic acids is 1. The Bertz CT molecular complexity index is 623. The van der Waals surface area contributed by atoms with Gasteiger partial charge in [0.25, 0.3) is 5.91 Å². The van der Waals surface area contributed by atoms with E-state index in [2.05, 4.69) is 5.32 Å². The van der Waals surface area contributed by atoms with Crippen LogP contribution in [0.3, 0.4) is 0 Å². The molecule has 2 aromatic carbocycles. The number of nitrogens with two attached hydrogens (primary N) is 1. The average Bonchev–Trinajstić information content (AvgIpc) is 2.42. The third kappa shape index (κ3) is 3.11. The molecule has 0 fully saturated rings. The van der Waals surface area contributed by atoms with E-state index in [0.29, 0.717) is 16.3 Å². The van der Waals surface area contributed by atoms with Crippen molar-refractivity contribution in [3.8, 4) is 0 Å². The summed E-state index contributed by atoms with van der Waals surface area (Å²) < 4.78 is 0. The van der Waals surface area contributed by atoms with Crippen LogP contribution >= 0.6 is 11.6 Å². The normalized spacial score (nSPS) is 11.9. The van der Waals surface area contributed by atoms with Crippen LogP contribution in [0.15, 0.2) is 42.5 Å². The van der Waals surface area contributed by atoms with Crippen LogP contribution in [0.25, 0.3) is 0 Å². The monoisotopic (exact) mass is 288 g/mol. The number of rotatable bonds is 3. The minimum absolute atomic E-state index is 0.0967. The predicted molar refractivity (Wildman–Crippen MR) is 82.9 cm³/mol. The molecule has 2 aromatic rings. The van der Waals surface area contributed by atoms with E-state index in [1.54, 1.807) is 18.2 Å². The summed E-state index contributed by atoms with van der Waals surface area (Å²) in [7, 11) is 0. The molecule has 0 unspecified atom stereocenters. The molecule has 0 aliphatic heterocycles. The first-order valence-electron chi connectivity index (χ1n) is 6.40. The molecule has 2 rings (SSSR count). The Morgan fingerprint density at radius 1 is 1.20 bits per heavy atom. The highest BCUT2D eigenvalue weighted by molar-refractivity contribution is 6.30. The first kappa shape index (κ1) is 14.4. The highest BCUT2D eigenvalue weighted by Gasteiger charge is 2.14. The molecule has 4 heteroatoms. The van der Waals surface area contributed by atoms with E-state index in [9.17, 15) is 4.79 Å². The van der Waals surface area contributed by atoms with Gasteiger partial charge >= 0.3 is 0 Å². The van der Waals surface area contributed by atoms with Crippen LogP contribution in [0.1, 0.15) is 34.5 Å². The summed E-state index contributed by atoms with van der Waals surface area (Å²) in [5.74, 6) is -0.128. The zero-order valence-electron chi connectivity index (χ0n) is 11.5. The van der Waals surface area contributed by atoms with Crippen molar-refractivity contribution >= 4 is 23.2 Å². The van der Waals surface area contributed by atoms with Gasteiger partial charge in [-0.3, -0.25) is 4.79 Å². The van der Waals surface area contributed by atoms with E-state index in [0.717, 1.165) is 11.1 Å². The molecule has 0 saturated carbocycles. The van der Waals surface area contributed by atoms with Gasteiger partial charge in [-0.25, -0.2) is 0 Å². The molecule has 104 valence electrons. The molecule has 0 aliphatic carbocycles. The number of nitrogen functional groups attached to an aromatic ring is 1. The van der Waals surface area contributed by atoms with Crippen molar-refractivity contribution in [2.24, 2.45) is 0 Å². The van der Waals surface area contributed by atoms with Crippen molar-refractivity contribution < 1.29 is 4.79 Å². The van der Waals surface area contributed by atoms with Gasteiger partial charge in [0.2, 0.25) is 0 Å². The van der Waals surface area contributed by atoms with E-state index in [4.69, 9.17) is 17.3 Å². The van der Waals surface area contributed by atoms with Crippen LogP contribution in [0.2, 0.25) is 5.02 Å². The van der Waals surface area contributed by atoms with E-state index in [1.165, 1.54) is 0 Å². The van der Waals surface area contributed by atoms with Gasteiger partial charge in [-0.15, -0.1) is 0 Å². The summed E-state index contributed by atoms with van der Waals surface area (Å²) in [5.41, 5.74) is 8.85. The summed E-state index contributed by atoms with van der Waals surface area (Å²) in [6.45, 7) is 3.78. The number of hydrogen-bond acceptors (Lipinski definition) is 2. The summed E-state index contributed by atoms with van der Waals surface area (Å²) >= 11 is 5.85. The Kier molecular flexibility index (Phi) is 4.30. The highest BCUT2D eigenvalue weighted by Crippen LogP contribution is 2.19. The minimum atomic E-state index is -0.128. The number of nitrogens with one attached hydrogen (secondary N) is 1. The Morgan fingerprint density at radius 2 is 1.85 bits per heavy atom. The number of anilines is 1. The van der Waals surface area contributed by atoms with Gasteiger partial charge in [-0.2, -0.15) is 0 Å². The molecule has 0 heterocycles. The largest absolute Gasteiger partial charge is 0.398 e. The maximum Gasteiger partial charge on any atom is 0.252 e. The molecule has 0 radical (unpaired) electrons. The van der Waals surface area contributed by atoms with Crippen LogP contribution in [0.5, 0.6) is 0 Å². The van der Waals surface area contributed by atoms with Crippen molar-refractivity contribution in [2.75, 3.05) is 5.73 Å². The molecule has 0 spiro atoms. The summed E-state index contributed by atoms with van der Waals surface area (Å²) in [6.07, 6.45) is 0. The Labute approximate surface area is 123 Å². The molecule has 20 heavy (non-hydrogen) atoms. The highest BCUT2D eigenvalue weighted by atomic mass is 35.5. The number of benzene rings is 2. The minimum Gasteiger partial charge on any atom is -0.398 e. The zero-order chi connectivity index (χ0) is 14.7. The van der Waals surface area contributed by atoms with Crippen LogP contribution in [0.4, 0.5) is 5.69 Å². The van der Waals surface area contributed by atoms with E-state index < -0.39 is 0 Å². The van der Waals surface area contributed by atoms with E-state index >= 15 is 0 Å². The zero-order valence-corrected chi connectivity index (χ0v) is 12.2. The SMILES string of the molecule is Cc1c(N)cccc1C(=O)N[C@@H](C)c1ccc(Cl)cc1. The molecular formula is C16H17ClN2O. The van der Waals surface area contributed by atoms with Gasteiger partial charge in [0, 0.05) is 16.3 Å². The second-order valence-corrected chi connectivity index (χ2v) is 5.20. The third-order valence-corrected chi connectivity index (χ3v) is 3.59. The van der Waals surface area contributed by atoms with Crippen LogP contribution in [0, 0.1) is 6.92 Å². The van der Waals surface area contributed by atoms with E-state index in [1.807, 2.05) is 38.1 Å². The lowest BCUT2D eigenvalue weighted by Gasteiger charge is -2.16. The second-order valence-electron chi connectivity index (χ2n) is 4.77. The second kappa shape index (κ2) is 5.97. The quantitative estimate of drug-likeness (QED) is 0.846. The first-order chi connectivity index (χ1) is 9.49. The fraction of sp³-hybridized carbons (Fsp3) is 0.188. The van der Waals surface area contributed by atoms with Gasteiger partial charge in [0.15, 0.2) is 0 Å². The maximum atomic E-state index is 12.3. The lowest BCUT2D eigenvalue weighted by Crippen LogP contribution is -2.27. The lowest BCUT2D eigenvalue weighted by atomic mass is 10.0. The van der Waals surface area contributed by atoms with Gasteiger partial charge in [0.1, 0.15) is 0 Å². The fourth-order valence-corrected chi connectivity index (χ4v) is 2.13. The Balaban J connectivity index is 2.15. The van der Waals surface area contributed by atoms with Crippen LogP contribution in [-0.2, 0) is 0 Å². The molecule has 1 amide bonds. The van der Waals surface area contributed by atoms with Crippen molar-refractivity contribution in [3.63, 3.8) is 0 Å². The smallest absolute Gasteiger partial charge is 0.252 e. The average molecular weight is 289 g/mol. The fourth-order valence-electron chi connectivity index (χ4n) is 2.01. The first-order valence-corrected chi connectivity index (χ1v) is 6.78. The van der Waals surface area contributed by atoms with Gasteiger partial charge in [-0.1, -0.05) is 29.8 Å². The van der Waals surface area contributed by atoms with Crippen molar-refractivity contribution in [1.29, 1.82) is 0 Å². The molecule has 0 aromatic heterocycles. The number of amides is 1. The maximum absolute atomic E-state index is 12.3. The molecule has 0 aliphatic rings. The van der Waals surface area contributed by atoms with Crippen LogP contribution in [-0.4, -0.2) is 5.91 Å². The molecule has 1 atom stereocenters. The third-order valence-electron chi connectivity index (χ3n) is 3.34. The predicted octanol–water partition coefficient (Wildman–Crippen LogP) is 3.72. The topological polar surface area (TPSA) is 55.1 Å². The summed E-state index contributed by atoms with van der Waals surface area (Å²) in [4.78, 5) is 12.3. The molecular weight excluding hydrogens is 272 g/mol. The van der Waals surface area contributed by atoms with Gasteiger partial charge in [0.05, 0.1) is 6.04 Å². The summed E-state index contributed by atoms with van der Waals surface area (Å²) in [5, 5.41) is 3.64. The molecule has 3 N–H and O–H groups in total. The van der Waals surface area contributed by atoms with Crippen molar-refractivity contribution in [1.82, 2.24) is 5.32 Å². The molecule has 3 nitrogen and oxygen atoms in total. The molecule has 0 saturated heterocycles. The summed E-state index contributed by atoms with van der Waals surface area (Å²) in [6, 6.07) is 12.7. The van der Waals surface area contributed by atoms with E-state index in [-0.39, 0.29) is 11.9 Å². The van der Waals surface area contributed by atoms with Crippen LogP contribution < -0.4 is 11.1 Å². The van der Waals surface area contributed by atoms with Gasteiger partial charge < -0.3 is 11.1 Å². The number of halogens is 1. The Morgan fingerprint density at radius 3 is 2.50 bits per heavy atom.